The molecule has 0 unspecified atom stereocenters. The molecule has 3 aromatic rings. The largest absolute Gasteiger partial charge is 0.477 e. The third-order valence-corrected chi connectivity index (χ3v) is 2.88. The van der Waals surface area contributed by atoms with Gasteiger partial charge in [0.15, 0.2) is 5.82 Å². The van der Waals surface area contributed by atoms with Crippen LogP contribution in [-0.2, 0) is 4.79 Å². The smallest absolute Gasteiger partial charge is 0.351 e. The lowest BCUT2D eigenvalue weighted by Crippen LogP contribution is -2.10. The van der Waals surface area contributed by atoms with Crippen molar-refractivity contribution < 1.29 is 9.90 Å². The molecular formula is C14H11N5O2. The maximum absolute atomic E-state index is 10.8. The highest BCUT2D eigenvalue weighted by molar-refractivity contribution is 5.92. The zero-order chi connectivity index (χ0) is 14.8. The first-order chi connectivity index (χ1) is 10.1. The van der Waals surface area contributed by atoms with Crippen molar-refractivity contribution in [2.75, 3.05) is 5.32 Å². The summed E-state index contributed by atoms with van der Waals surface area (Å²) in [5.41, 5.74) is 1.38. The third-order valence-electron chi connectivity index (χ3n) is 2.88. The molecule has 0 saturated heterocycles. The first-order valence-corrected chi connectivity index (χ1v) is 6.10. The molecule has 0 fully saturated rings. The molecule has 0 atom stereocenters. The second-order valence-electron chi connectivity index (χ2n) is 4.28. The number of fused-ring (bicyclic) bond motifs is 1. The van der Waals surface area contributed by atoms with E-state index in [1.54, 1.807) is 24.7 Å². The van der Waals surface area contributed by atoms with Gasteiger partial charge in [0.05, 0.1) is 0 Å². The summed E-state index contributed by atoms with van der Waals surface area (Å²) < 4.78 is 0. The Morgan fingerprint density at radius 2 is 2.14 bits per heavy atom. The number of carboxylic acids is 1. The van der Waals surface area contributed by atoms with Crippen LogP contribution in [0.4, 0.5) is 5.82 Å². The maximum Gasteiger partial charge on any atom is 0.351 e. The van der Waals surface area contributed by atoms with Gasteiger partial charge in [-0.05, 0) is 18.2 Å². The topological polar surface area (TPSA) is 104 Å². The summed E-state index contributed by atoms with van der Waals surface area (Å²) in [6.07, 6.45) is 5.01. The fourth-order valence-electron chi connectivity index (χ4n) is 1.91. The highest BCUT2D eigenvalue weighted by Crippen LogP contribution is 2.25. The van der Waals surface area contributed by atoms with E-state index in [1.807, 2.05) is 12.1 Å². The van der Waals surface area contributed by atoms with Crippen molar-refractivity contribution in [2.45, 2.75) is 0 Å². The van der Waals surface area contributed by atoms with E-state index in [-0.39, 0.29) is 5.70 Å². The number of carboxylic acid groups (broad SMARTS) is 1. The van der Waals surface area contributed by atoms with Crippen molar-refractivity contribution in [3.63, 3.8) is 0 Å². The molecule has 0 spiro atoms. The fourth-order valence-corrected chi connectivity index (χ4v) is 1.91. The molecule has 104 valence electrons. The quantitative estimate of drug-likeness (QED) is 0.632. The van der Waals surface area contributed by atoms with Gasteiger partial charge in [-0.15, -0.1) is 0 Å². The molecule has 0 aliphatic carbocycles. The van der Waals surface area contributed by atoms with Gasteiger partial charge < -0.3 is 15.4 Å². The number of aromatic nitrogens is 4. The first-order valence-electron chi connectivity index (χ1n) is 6.10. The van der Waals surface area contributed by atoms with E-state index in [2.05, 4.69) is 31.8 Å². The van der Waals surface area contributed by atoms with E-state index in [9.17, 15) is 4.79 Å². The van der Waals surface area contributed by atoms with Crippen LogP contribution in [0, 0.1) is 0 Å². The molecule has 0 saturated carbocycles. The summed E-state index contributed by atoms with van der Waals surface area (Å²) >= 11 is 0. The number of anilines is 1. The fraction of sp³-hybridized carbons (Fsp3) is 0. The summed E-state index contributed by atoms with van der Waals surface area (Å²) in [4.78, 5) is 26.5. The molecule has 3 aromatic heterocycles. The molecule has 7 nitrogen and oxygen atoms in total. The van der Waals surface area contributed by atoms with Crippen molar-refractivity contribution in [2.24, 2.45) is 0 Å². The molecule has 21 heavy (non-hydrogen) atoms. The molecule has 0 bridgehead atoms. The van der Waals surface area contributed by atoms with Gasteiger partial charge in [0.1, 0.15) is 17.2 Å². The Kier molecular flexibility index (Phi) is 3.07. The lowest BCUT2D eigenvalue weighted by molar-refractivity contribution is -0.132. The maximum atomic E-state index is 10.8. The number of rotatable bonds is 4. The molecule has 0 radical (unpaired) electrons. The van der Waals surface area contributed by atoms with E-state index in [0.29, 0.717) is 11.6 Å². The number of aliphatic carboxylic acids is 1. The number of H-pyrrole nitrogens is 1. The Balaban J connectivity index is 2.00. The van der Waals surface area contributed by atoms with Crippen LogP contribution in [0.25, 0.3) is 22.4 Å². The molecule has 0 aliphatic rings. The number of hydrogen-bond acceptors (Lipinski definition) is 5. The molecule has 7 heteroatoms. The molecule has 3 N–H and O–H groups in total. The van der Waals surface area contributed by atoms with Gasteiger partial charge in [-0.1, -0.05) is 6.58 Å². The Labute approximate surface area is 119 Å². The van der Waals surface area contributed by atoms with Gasteiger partial charge in [-0.25, -0.2) is 19.7 Å². The summed E-state index contributed by atoms with van der Waals surface area (Å²) in [7, 11) is 0. The van der Waals surface area contributed by atoms with Gasteiger partial charge in [0.25, 0.3) is 0 Å². The molecule has 3 rings (SSSR count). The Bertz CT molecular complexity index is 840. The van der Waals surface area contributed by atoms with Gasteiger partial charge >= 0.3 is 5.97 Å². The second-order valence-corrected chi connectivity index (χ2v) is 4.28. The monoisotopic (exact) mass is 281 g/mol. The number of carbonyl (C=O) groups is 1. The van der Waals surface area contributed by atoms with Crippen molar-refractivity contribution in [3.05, 3.63) is 49.1 Å². The summed E-state index contributed by atoms with van der Waals surface area (Å²) in [5.74, 6) is -0.297. The Morgan fingerprint density at radius 3 is 2.95 bits per heavy atom. The van der Waals surface area contributed by atoms with E-state index >= 15 is 0 Å². The predicted molar refractivity (Wildman–Crippen MR) is 77.5 cm³/mol. The average molecular weight is 281 g/mol. The molecule has 0 aromatic carbocycles. The predicted octanol–water partition coefficient (Wildman–Crippen LogP) is 2.03. The van der Waals surface area contributed by atoms with Crippen LogP contribution in [0.5, 0.6) is 0 Å². The first kappa shape index (κ1) is 12.8. The number of hydrogen-bond donors (Lipinski definition) is 3. The van der Waals surface area contributed by atoms with E-state index in [4.69, 9.17) is 5.11 Å². The van der Waals surface area contributed by atoms with E-state index < -0.39 is 5.97 Å². The zero-order valence-corrected chi connectivity index (χ0v) is 10.9. The lowest BCUT2D eigenvalue weighted by atomic mass is 10.2. The number of aromatic amines is 1. The third kappa shape index (κ3) is 2.44. The van der Waals surface area contributed by atoms with Crippen LogP contribution in [0.15, 0.2) is 49.1 Å². The molecule has 3 heterocycles. The van der Waals surface area contributed by atoms with Crippen molar-refractivity contribution in [3.8, 4) is 11.4 Å². The van der Waals surface area contributed by atoms with E-state index in [1.165, 1.54) is 0 Å². The molecule has 0 aliphatic heterocycles. The van der Waals surface area contributed by atoms with E-state index in [0.717, 1.165) is 16.6 Å². The minimum Gasteiger partial charge on any atom is -0.477 e. The highest BCUT2D eigenvalue weighted by Gasteiger charge is 2.11. The Hall–Kier alpha value is -3.22. The standard InChI is InChI=1S/C14H11N5O2/c1-8(14(20)21)18-11-4-6-16-13(19-11)10-7-17-12-9(10)3-2-5-15-12/h2-7H,1H2,(H,15,17)(H,20,21)(H,16,18,19). The van der Waals surface area contributed by atoms with Gasteiger partial charge in [0, 0.05) is 29.5 Å². The van der Waals surface area contributed by atoms with Gasteiger partial charge in [-0.3, -0.25) is 0 Å². The minimum absolute atomic E-state index is 0.153. The number of nitrogens with zero attached hydrogens (tertiary/aromatic N) is 3. The Morgan fingerprint density at radius 1 is 1.29 bits per heavy atom. The second kappa shape index (κ2) is 5.04. The molecule has 0 amide bonds. The number of nitrogens with one attached hydrogen (secondary N) is 2. The van der Waals surface area contributed by atoms with Crippen molar-refractivity contribution in [1.29, 1.82) is 0 Å². The summed E-state index contributed by atoms with van der Waals surface area (Å²) in [6, 6.07) is 5.31. The van der Waals surface area contributed by atoms with Crippen molar-refractivity contribution >= 4 is 22.8 Å². The lowest BCUT2D eigenvalue weighted by Gasteiger charge is -2.05. The van der Waals surface area contributed by atoms with Crippen LogP contribution < -0.4 is 5.32 Å². The van der Waals surface area contributed by atoms with Crippen LogP contribution in [0.1, 0.15) is 0 Å². The average Bonchev–Trinajstić information content (AvgIpc) is 2.91. The highest BCUT2D eigenvalue weighted by atomic mass is 16.4. The SMILES string of the molecule is C=C(Nc1ccnc(-c2c[nH]c3ncccc23)n1)C(=O)O. The summed E-state index contributed by atoms with van der Waals surface area (Å²) in [5, 5.41) is 12.3. The summed E-state index contributed by atoms with van der Waals surface area (Å²) in [6.45, 7) is 3.40. The van der Waals surface area contributed by atoms with Crippen LogP contribution in [-0.4, -0.2) is 31.0 Å². The zero-order valence-electron chi connectivity index (χ0n) is 10.9. The van der Waals surface area contributed by atoms with Gasteiger partial charge in [-0.2, -0.15) is 0 Å². The molecular weight excluding hydrogens is 270 g/mol. The van der Waals surface area contributed by atoms with Crippen molar-refractivity contribution in [1.82, 2.24) is 19.9 Å². The van der Waals surface area contributed by atoms with Crippen LogP contribution >= 0.6 is 0 Å². The van der Waals surface area contributed by atoms with Crippen LogP contribution in [0.2, 0.25) is 0 Å². The minimum atomic E-state index is -1.13. The van der Waals surface area contributed by atoms with Crippen LogP contribution in [0.3, 0.4) is 0 Å². The van der Waals surface area contributed by atoms with Gasteiger partial charge in [0.2, 0.25) is 0 Å². The normalized spacial score (nSPS) is 10.5. The number of pyridine rings is 1.